The van der Waals surface area contributed by atoms with Crippen LogP contribution in [0.15, 0.2) is 66.7 Å². The third-order valence-electron chi connectivity index (χ3n) is 6.60. The van der Waals surface area contributed by atoms with Gasteiger partial charge < -0.3 is 9.47 Å². The van der Waals surface area contributed by atoms with Gasteiger partial charge in [0.05, 0.1) is 18.2 Å². The maximum atomic E-state index is 13.2. The molecule has 0 bridgehead atoms. The smallest absolute Gasteiger partial charge is 0.416 e. The number of hydrogen-bond acceptors (Lipinski definition) is 4. The molecule has 0 saturated heterocycles. The van der Waals surface area contributed by atoms with E-state index in [2.05, 4.69) is 4.74 Å². The lowest BCUT2D eigenvalue weighted by Crippen LogP contribution is -2.25. The Morgan fingerprint density at radius 3 is 2.15 bits per heavy atom. The third-order valence-corrected chi connectivity index (χ3v) is 6.60. The van der Waals surface area contributed by atoms with Gasteiger partial charge in [-0.25, -0.2) is 4.79 Å². The van der Waals surface area contributed by atoms with Gasteiger partial charge in [0.25, 0.3) is 0 Å². The van der Waals surface area contributed by atoms with Crippen LogP contribution in [0.5, 0.6) is 5.75 Å². The molecule has 4 nitrogen and oxygen atoms in total. The van der Waals surface area contributed by atoms with Crippen molar-refractivity contribution in [3.63, 3.8) is 0 Å². The van der Waals surface area contributed by atoms with E-state index >= 15 is 0 Å². The first-order valence-corrected chi connectivity index (χ1v) is 12.3. The fourth-order valence-corrected chi connectivity index (χ4v) is 4.53. The molecule has 1 aliphatic carbocycles. The normalized spacial score (nSPS) is 15.7. The molecule has 0 aromatic heterocycles. The number of Topliss-reactive ketones (excluding diaryl/α,β-unsaturated/α-hetero) is 1. The monoisotopic (exact) mass is 562 g/mol. The fraction of sp³-hybridized carbons (Fsp3) is 0.267. The zero-order chi connectivity index (χ0) is 29.1. The number of aryl methyl sites for hydroxylation is 1. The van der Waals surface area contributed by atoms with Crippen molar-refractivity contribution in [1.82, 2.24) is 0 Å². The lowest BCUT2D eigenvalue weighted by atomic mass is 9.79. The van der Waals surface area contributed by atoms with Gasteiger partial charge in [0.15, 0.2) is 5.78 Å². The van der Waals surface area contributed by atoms with E-state index in [4.69, 9.17) is 4.74 Å². The Bertz CT molecular complexity index is 1390. The molecule has 210 valence electrons. The fourth-order valence-electron chi connectivity index (χ4n) is 4.53. The molecular formula is C30H24F6O4. The molecule has 10 heteroatoms. The Morgan fingerprint density at radius 2 is 1.55 bits per heavy atom. The van der Waals surface area contributed by atoms with Crippen molar-refractivity contribution in [2.75, 3.05) is 7.11 Å². The number of carbonyl (C=O) groups is 2. The summed E-state index contributed by atoms with van der Waals surface area (Å²) in [5.74, 6) is -1.01. The zero-order valence-corrected chi connectivity index (χ0v) is 21.2. The summed E-state index contributed by atoms with van der Waals surface area (Å²) < 4.78 is 89.7. The minimum Gasteiger partial charge on any atom is -0.489 e. The molecule has 0 saturated carbocycles. The Morgan fingerprint density at radius 1 is 0.900 bits per heavy atom. The predicted molar refractivity (Wildman–Crippen MR) is 135 cm³/mol. The second kappa shape index (κ2) is 11.6. The van der Waals surface area contributed by atoms with Crippen molar-refractivity contribution in [2.24, 2.45) is 5.92 Å². The van der Waals surface area contributed by atoms with Crippen LogP contribution in [-0.4, -0.2) is 18.9 Å². The van der Waals surface area contributed by atoms with Gasteiger partial charge in [-0.1, -0.05) is 24.3 Å². The summed E-state index contributed by atoms with van der Waals surface area (Å²) in [7, 11) is 1.29. The molecule has 0 aliphatic heterocycles. The second-order valence-electron chi connectivity index (χ2n) is 9.42. The van der Waals surface area contributed by atoms with Crippen LogP contribution in [0.1, 0.15) is 50.2 Å². The summed E-state index contributed by atoms with van der Waals surface area (Å²) in [6, 6.07) is 13.6. The van der Waals surface area contributed by atoms with Crippen molar-refractivity contribution in [3.8, 4) is 5.75 Å². The molecule has 0 radical (unpaired) electrons. The van der Waals surface area contributed by atoms with E-state index in [0.717, 1.165) is 11.1 Å². The van der Waals surface area contributed by atoms with E-state index < -0.39 is 35.4 Å². The number of ketones is 1. The van der Waals surface area contributed by atoms with Gasteiger partial charge in [0.1, 0.15) is 12.4 Å². The van der Waals surface area contributed by atoms with E-state index in [1.165, 1.54) is 13.2 Å². The van der Waals surface area contributed by atoms with Crippen LogP contribution < -0.4 is 4.74 Å². The number of methoxy groups -OCH3 is 1. The van der Waals surface area contributed by atoms with Gasteiger partial charge in [-0.15, -0.1) is 0 Å². The molecule has 0 N–H and O–H groups in total. The van der Waals surface area contributed by atoms with Crippen molar-refractivity contribution in [3.05, 3.63) is 106 Å². The number of carbonyl (C=O) groups excluding carboxylic acids is 2. The number of benzene rings is 3. The van der Waals surface area contributed by atoms with Gasteiger partial charge in [-0.3, -0.25) is 4.79 Å². The highest BCUT2D eigenvalue weighted by atomic mass is 19.4. The van der Waals surface area contributed by atoms with Gasteiger partial charge >= 0.3 is 18.3 Å². The SMILES string of the molecule is COC(=O)/C=C/c1ccc(COc2ccc3c(c2)CCC(Cc2cc(C(F)(F)F)cc(C(F)(F)F)c2)C3=O)cc1. The average Bonchev–Trinajstić information content (AvgIpc) is 2.91. The molecule has 0 fully saturated rings. The first-order valence-electron chi connectivity index (χ1n) is 12.3. The summed E-state index contributed by atoms with van der Waals surface area (Å²) in [6.45, 7) is 0.243. The number of esters is 1. The standard InChI is InChI=1S/C30H24F6O4/c1-39-27(37)11-6-18-2-4-19(5-3-18)17-40-25-9-10-26-21(15-25)7-8-22(28(26)38)12-20-13-23(29(31,32)33)16-24(14-20)30(34,35)36/h2-6,9-11,13-16,22H,7-8,12,17H2,1H3/b11-6+. The zero-order valence-electron chi connectivity index (χ0n) is 21.2. The van der Waals surface area contributed by atoms with Crippen LogP contribution >= 0.6 is 0 Å². The predicted octanol–water partition coefficient (Wildman–Crippen LogP) is 7.48. The van der Waals surface area contributed by atoms with E-state index in [0.29, 0.717) is 35.4 Å². The molecular weight excluding hydrogens is 538 g/mol. The van der Waals surface area contributed by atoms with Crippen molar-refractivity contribution in [2.45, 2.75) is 38.2 Å². The van der Waals surface area contributed by atoms with E-state index in [1.54, 1.807) is 24.3 Å². The molecule has 1 aliphatic rings. The van der Waals surface area contributed by atoms with Crippen LogP contribution in [0.25, 0.3) is 6.08 Å². The lowest BCUT2D eigenvalue weighted by molar-refractivity contribution is -0.143. The van der Waals surface area contributed by atoms with Crippen LogP contribution in [0, 0.1) is 5.92 Å². The first-order chi connectivity index (χ1) is 18.8. The maximum absolute atomic E-state index is 13.2. The molecule has 0 spiro atoms. The van der Waals surface area contributed by atoms with Gasteiger partial charge in [-0.2, -0.15) is 26.3 Å². The third kappa shape index (κ3) is 7.11. The highest BCUT2D eigenvalue weighted by molar-refractivity contribution is 6.00. The maximum Gasteiger partial charge on any atom is 0.416 e. The van der Waals surface area contributed by atoms with E-state index in [9.17, 15) is 35.9 Å². The second-order valence-corrected chi connectivity index (χ2v) is 9.42. The molecule has 1 unspecified atom stereocenters. The van der Waals surface area contributed by atoms with Crippen molar-refractivity contribution >= 4 is 17.8 Å². The Balaban J connectivity index is 1.43. The summed E-state index contributed by atoms with van der Waals surface area (Å²) >= 11 is 0. The number of fused-ring (bicyclic) bond motifs is 1. The number of halogens is 6. The molecule has 4 rings (SSSR count). The largest absolute Gasteiger partial charge is 0.489 e. The topological polar surface area (TPSA) is 52.6 Å². The summed E-state index contributed by atoms with van der Waals surface area (Å²) in [6.07, 6.45) is -6.48. The molecule has 1 atom stereocenters. The minimum atomic E-state index is -4.95. The van der Waals surface area contributed by atoms with Crippen molar-refractivity contribution < 1.29 is 45.4 Å². The number of alkyl halides is 6. The summed E-state index contributed by atoms with van der Waals surface area (Å²) in [5, 5.41) is 0. The molecule has 0 amide bonds. The van der Waals surface area contributed by atoms with Gasteiger partial charge in [-0.05, 0) is 84.0 Å². The van der Waals surface area contributed by atoms with Crippen LogP contribution in [-0.2, 0) is 41.3 Å². The number of hydrogen-bond donors (Lipinski definition) is 0. The molecule has 0 heterocycles. The Labute approximate surface area is 226 Å². The highest BCUT2D eigenvalue weighted by Gasteiger charge is 2.37. The number of ether oxygens (including phenoxy) is 2. The van der Waals surface area contributed by atoms with Crippen molar-refractivity contribution in [1.29, 1.82) is 0 Å². The average molecular weight is 563 g/mol. The Hall–Kier alpha value is -4.08. The molecule has 40 heavy (non-hydrogen) atoms. The van der Waals surface area contributed by atoms with Gasteiger partial charge in [0.2, 0.25) is 0 Å². The lowest BCUT2D eigenvalue weighted by Gasteiger charge is -2.24. The summed E-state index contributed by atoms with van der Waals surface area (Å²) in [4.78, 5) is 24.3. The number of rotatable bonds is 7. The summed E-state index contributed by atoms with van der Waals surface area (Å²) in [5.41, 5.74) is -0.213. The first kappa shape index (κ1) is 28.9. The van der Waals surface area contributed by atoms with E-state index in [-0.39, 0.29) is 36.9 Å². The van der Waals surface area contributed by atoms with Crippen LogP contribution in [0.4, 0.5) is 26.3 Å². The van der Waals surface area contributed by atoms with Crippen LogP contribution in [0.3, 0.4) is 0 Å². The highest BCUT2D eigenvalue weighted by Crippen LogP contribution is 2.38. The van der Waals surface area contributed by atoms with Gasteiger partial charge in [0, 0.05) is 17.6 Å². The quantitative estimate of drug-likeness (QED) is 0.170. The van der Waals surface area contributed by atoms with Crippen LogP contribution in [0.2, 0.25) is 0 Å². The molecule has 3 aromatic carbocycles. The van der Waals surface area contributed by atoms with E-state index in [1.807, 2.05) is 24.3 Å². The molecule has 3 aromatic rings. The Kier molecular flexibility index (Phi) is 8.37. The minimum absolute atomic E-state index is 0.0829.